The van der Waals surface area contributed by atoms with E-state index in [1.165, 1.54) is 0 Å². The molecular formula is C14H13ClF3N3. The minimum absolute atomic E-state index is 0.0706. The summed E-state index contributed by atoms with van der Waals surface area (Å²) in [4.78, 5) is 7.96. The van der Waals surface area contributed by atoms with Crippen molar-refractivity contribution in [3.8, 4) is 0 Å². The summed E-state index contributed by atoms with van der Waals surface area (Å²) in [5, 5.41) is 2.84. The van der Waals surface area contributed by atoms with Gasteiger partial charge in [-0.25, -0.2) is 4.98 Å². The highest BCUT2D eigenvalue weighted by molar-refractivity contribution is 6.32. The topological polar surface area (TPSA) is 37.8 Å². The first-order valence-electron chi connectivity index (χ1n) is 6.31. The maximum absolute atomic E-state index is 12.5. The molecule has 21 heavy (non-hydrogen) atoms. The molecule has 0 aliphatic heterocycles. The molecule has 112 valence electrons. The average molecular weight is 316 g/mol. The predicted molar refractivity (Wildman–Crippen MR) is 75.2 cm³/mol. The Morgan fingerprint density at radius 2 is 2.05 bits per heavy atom. The number of anilines is 1. The van der Waals surface area contributed by atoms with Gasteiger partial charge in [-0.2, -0.15) is 13.2 Å². The Labute approximate surface area is 125 Å². The number of hydrogen-bond acceptors (Lipinski definition) is 3. The number of pyridine rings is 2. The lowest BCUT2D eigenvalue weighted by Crippen LogP contribution is -2.09. The van der Waals surface area contributed by atoms with Crippen LogP contribution >= 0.6 is 11.6 Å². The van der Waals surface area contributed by atoms with Gasteiger partial charge in [-0.05, 0) is 24.1 Å². The van der Waals surface area contributed by atoms with Gasteiger partial charge in [0, 0.05) is 12.4 Å². The molecule has 3 nitrogen and oxygen atoms in total. The van der Waals surface area contributed by atoms with Crippen molar-refractivity contribution in [2.75, 3.05) is 5.32 Å². The molecule has 0 fully saturated rings. The fraction of sp³-hybridized carbons (Fsp3) is 0.286. The molecule has 0 spiro atoms. The molecular weight excluding hydrogens is 303 g/mol. The molecule has 0 unspecified atom stereocenters. The Bertz CT molecular complexity index is 629. The zero-order valence-corrected chi connectivity index (χ0v) is 12.0. The van der Waals surface area contributed by atoms with Gasteiger partial charge < -0.3 is 5.32 Å². The first-order valence-corrected chi connectivity index (χ1v) is 6.69. The van der Waals surface area contributed by atoms with Crippen LogP contribution in [-0.2, 0) is 19.1 Å². The van der Waals surface area contributed by atoms with Gasteiger partial charge in [0.1, 0.15) is 5.82 Å². The lowest BCUT2D eigenvalue weighted by atomic mass is 10.1. The van der Waals surface area contributed by atoms with E-state index in [9.17, 15) is 13.2 Å². The first-order chi connectivity index (χ1) is 9.91. The Morgan fingerprint density at radius 3 is 2.67 bits per heavy atom. The minimum atomic E-state index is -4.45. The van der Waals surface area contributed by atoms with Crippen LogP contribution in [0.4, 0.5) is 19.0 Å². The molecule has 0 saturated carbocycles. The molecule has 0 aliphatic rings. The zero-order chi connectivity index (χ0) is 15.5. The van der Waals surface area contributed by atoms with E-state index in [4.69, 9.17) is 11.6 Å². The number of aryl methyl sites for hydroxylation is 1. The van der Waals surface area contributed by atoms with E-state index in [1.807, 2.05) is 19.1 Å². The largest absolute Gasteiger partial charge is 0.417 e. The molecule has 0 atom stereocenters. The van der Waals surface area contributed by atoms with Crippen LogP contribution in [-0.4, -0.2) is 9.97 Å². The Hall–Kier alpha value is -1.82. The van der Waals surface area contributed by atoms with Gasteiger partial charge in [-0.15, -0.1) is 0 Å². The number of nitrogens with zero attached hydrogens (tertiary/aromatic N) is 2. The third kappa shape index (κ3) is 3.85. The van der Waals surface area contributed by atoms with Crippen LogP contribution in [0.25, 0.3) is 0 Å². The molecule has 0 saturated heterocycles. The summed E-state index contributed by atoms with van der Waals surface area (Å²) < 4.78 is 37.6. The number of nitrogens with one attached hydrogen (secondary N) is 1. The van der Waals surface area contributed by atoms with Crippen LogP contribution in [0.5, 0.6) is 0 Å². The predicted octanol–water partition coefficient (Wildman–Crippen LogP) is 4.32. The second kappa shape index (κ2) is 6.30. The van der Waals surface area contributed by atoms with E-state index >= 15 is 0 Å². The number of halogens is 4. The van der Waals surface area contributed by atoms with Crippen molar-refractivity contribution in [1.29, 1.82) is 0 Å². The highest BCUT2D eigenvalue weighted by atomic mass is 35.5. The van der Waals surface area contributed by atoms with Crippen molar-refractivity contribution in [2.45, 2.75) is 26.1 Å². The van der Waals surface area contributed by atoms with Crippen LogP contribution in [0.1, 0.15) is 23.7 Å². The average Bonchev–Trinajstić information content (AvgIpc) is 2.45. The number of rotatable bonds is 4. The van der Waals surface area contributed by atoms with Gasteiger partial charge in [0.25, 0.3) is 0 Å². The molecule has 2 aromatic rings. The van der Waals surface area contributed by atoms with E-state index in [0.29, 0.717) is 6.54 Å². The molecule has 0 amide bonds. The van der Waals surface area contributed by atoms with Gasteiger partial charge >= 0.3 is 6.18 Å². The lowest BCUT2D eigenvalue weighted by Gasteiger charge is -2.12. The summed E-state index contributed by atoms with van der Waals surface area (Å²) in [6.45, 7) is 2.35. The van der Waals surface area contributed by atoms with Gasteiger partial charge in [-0.1, -0.05) is 24.6 Å². The Balaban J connectivity index is 2.14. The third-order valence-electron chi connectivity index (χ3n) is 2.96. The van der Waals surface area contributed by atoms with Crippen LogP contribution in [0, 0.1) is 0 Å². The van der Waals surface area contributed by atoms with E-state index < -0.39 is 11.7 Å². The second-order valence-corrected chi connectivity index (χ2v) is 4.78. The van der Waals surface area contributed by atoms with E-state index in [-0.39, 0.29) is 10.8 Å². The monoisotopic (exact) mass is 315 g/mol. The number of aromatic nitrogens is 2. The van der Waals surface area contributed by atoms with E-state index in [0.717, 1.165) is 29.9 Å². The Morgan fingerprint density at radius 1 is 1.29 bits per heavy atom. The fourth-order valence-corrected chi connectivity index (χ4v) is 2.08. The molecule has 0 radical (unpaired) electrons. The van der Waals surface area contributed by atoms with Crippen molar-refractivity contribution in [1.82, 2.24) is 9.97 Å². The summed E-state index contributed by atoms with van der Waals surface area (Å²) in [7, 11) is 0. The number of alkyl halides is 3. The molecule has 0 aliphatic carbocycles. The molecule has 0 aromatic carbocycles. The molecule has 2 rings (SSSR count). The van der Waals surface area contributed by atoms with Crippen molar-refractivity contribution in [2.24, 2.45) is 0 Å². The molecule has 2 heterocycles. The van der Waals surface area contributed by atoms with Crippen molar-refractivity contribution in [3.63, 3.8) is 0 Å². The minimum Gasteiger partial charge on any atom is -0.363 e. The summed E-state index contributed by atoms with van der Waals surface area (Å²) in [5.74, 6) is 0.206. The van der Waals surface area contributed by atoms with Crippen molar-refractivity contribution < 1.29 is 13.2 Å². The van der Waals surface area contributed by atoms with Crippen LogP contribution in [0.15, 0.2) is 30.6 Å². The van der Waals surface area contributed by atoms with Crippen molar-refractivity contribution >= 4 is 17.4 Å². The second-order valence-electron chi connectivity index (χ2n) is 4.37. The highest BCUT2D eigenvalue weighted by Gasteiger charge is 2.31. The summed E-state index contributed by atoms with van der Waals surface area (Å²) >= 11 is 5.83. The zero-order valence-electron chi connectivity index (χ0n) is 11.2. The third-order valence-corrected chi connectivity index (χ3v) is 3.25. The fourth-order valence-electron chi connectivity index (χ4n) is 1.84. The smallest absolute Gasteiger partial charge is 0.363 e. The molecule has 2 aromatic heterocycles. The van der Waals surface area contributed by atoms with Crippen LogP contribution in [0.2, 0.25) is 5.02 Å². The van der Waals surface area contributed by atoms with Crippen LogP contribution < -0.4 is 5.32 Å². The summed E-state index contributed by atoms with van der Waals surface area (Å²) in [6, 6.07) is 4.65. The van der Waals surface area contributed by atoms with Gasteiger partial charge in [-0.3, -0.25) is 4.98 Å². The molecule has 1 N–H and O–H groups in total. The number of hydrogen-bond donors (Lipinski definition) is 1. The van der Waals surface area contributed by atoms with Crippen LogP contribution in [0.3, 0.4) is 0 Å². The molecule has 0 bridgehead atoms. The SMILES string of the molecule is CCc1cccnc1CNc1ncc(C(F)(F)F)cc1Cl. The van der Waals surface area contributed by atoms with Gasteiger partial charge in [0.15, 0.2) is 0 Å². The quantitative estimate of drug-likeness (QED) is 0.913. The van der Waals surface area contributed by atoms with E-state index in [2.05, 4.69) is 15.3 Å². The first kappa shape index (κ1) is 15.6. The summed E-state index contributed by atoms with van der Waals surface area (Å²) in [6.07, 6.45) is -1.21. The van der Waals surface area contributed by atoms with Gasteiger partial charge in [0.05, 0.1) is 22.8 Å². The highest BCUT2D eigenvalue weighted by Crippen LogP contribution is 2.32. The maximum Gasteiger partial charge on any atom is 0.417 e. The van der Waals surface area contributed by atoms with Crippen molar-refractivity contribution in [3.05, 3.63) is 52.4 Å². The standard InChI is InChI=1S/C14H13ClF3N3/c1-2-9-4-3-5-19-12(9)8-21-13-11(15)6-10(7-20-13)14(16,17)18/h3-7H,2,8H2,1H3,(H,20,21). The Kier molecular flexibility index (Phi) is 4.67. The molecule has 7 heteroatoms. The summed E-state index contributed by atoms with van der Waals surface area (Å²) in [5.41, 5.74) is 1.01. The normalized spacial score (nSPS) is 11.5. The van der Waals surface area contributed by atoms with Gasteiger partial charge in [0.2, 0.25) is 0 Å². The maximum atomic E-state index is 12.5. The van der Waals surface area contributed by atoms with E-state index in [1.54, 1.807) is 6.20 Å². The lowest BCUT2D eigenvalue weighted by molar-refractivity contribution is -0.137.